The summed E-state index contributed by atoms with van der Waals surface area (Å²) in [7, 11) is 4.76. The average molecular weight is 483 g/mol. The van der Waals surface area contributed by atoms with E-state index in [0.717, 1.165) is 41.2 Å². The van der Waals surface area contributed by atoms with Crippen LogP contribution in [0, 0.1) is 0 Å². The van der Waals surface area contributed by atoms with Crippen LogP contribution in [0.1, 0.15) is 12.8 Å². The molecule has 0 aliphatic carbocycles. The van der Waals surface area contributed by atoms with Crippen LogP contribution in [-0.4, -0.2) is 65.2 Å². The molecule has 0 amide bonds. The van der Waals surface area contributed by atoms with Crippen LogP contribution in [0.4, 0.5) is 16.9 Å². The fourth-order valence-corrected chi connectivity index (χ4v) is 5.07. The maximum Gasteiger partial charge on any atom is 0.249 e. The summed E-state index contributed by atoms with van der Waals surface area (Å²) in [6.07, 6.45) is 5.64. The molecule has 10 nitrogen and oxygen atoms in total. The van der Waals surface area contributed by atoms with E-state index in [9.17, 15) is 5.11 Å². The first kappa shape index (κ1) is 22.2. The molecule has 4 aromatic rings. The molecule has 1 atom stereocenters. The zero-order chi connectivity index (χ0) is 23.7. The molecule has 11 heteroatoms. The molecular weight excluding hydrogens is 456 g/mol. The molecule has 0 bridgehead atoms. The summed E-state index contributed by atoms with van der Waals surface area (Å²) in [6, 6.07) is 7.77. The van der Waals surface area contributed by atoms with Crippen molar-refractivity contribution in [3.05, 3.63) is 36.7 Å². The van der Waals surface area contributed by atoms with E-state index >= 15 is 0 Å². The molecule has 4 heterocycles. The van der Waals surface area contributed by atoms with E-state index in [4.69, 9.17) is 19.2 Å². The largest absolute Gasteiger partial charge is 0.493 e. The van der Waals surface area contributed by atoms with Crippen molar-refractivity contribution in [2.75, 3.05) is 44.7 Å². The number of hydrogen-bond acceptors (Lipinski definition) is 10. The summed E-state index contributed by atoms with van der Waals surface area (Å²) >= 11 is 1.47. The summed E-state index contributed by atoms with van der Waals surface area (Å²) in [5.41, 5.74) is 1.80. The van der Waals surface area contributed by atoms with Crippen LogP contribution in [0.3, 0.4) is 0 Å². The van der Waals surface area contributed by atoms with Gasteiger partial charge in [0.1, 0.15) is 5.52 Å². The highest BCUT2D eigenvalue weighted by molar-refractivity contribution is 7.18. The predicted octanol–water partition coefficient (Wildman–Crippen LogP) is 3.58. The predicted molar refractivity (Wildman–Crippen MR) is 131 cm³/mol. The zero-order valence-electron chi connectivity index (χ0n) is 19.2. The summed E-state index contributed by atoms with van der Waals surface area (Å²) in [5, 5.41) is 18.3. The molecule has 1 aliphatic rings. The van der Waals surface area contributed by atoms with Gasteiger partial charge < -0.3 is 24.2 Å². The maximum absolute atomic E-state index is 9.80. The number of methoxy groups -OCH3 is 3. The van der Waals surface area contributed by atoms with Crippen LogP contribution in [0.5, 0.6) is 17.2 Å². The van der Waals surface area contributed by atoms with Gasteiger partial charge in [0, 0.05) is 24.5 Å². The number of fused-ring (bicyclic) bond motifs is 1. The number of aromatic nitrogens is 4. The second kappa shape index (κ2) is 9.35. The summed E-state index contributed by atoms with van der Waals surface area (Å²) < 4.78 is 18.2. The van der Waals surface area contributed by atoms with Crippen molar-refractivity contribution < 1.29 is 19.3 Å². The lowest BCUT2D eigenvalue weighted by Crippen LogP contribution is -2.33. The van der Waals surface area contributed by atoms with Gasteiger partial charge >= 0.3 is 0 Å². The number of nitrogens with one attached hydrogen (secondary N) is 1. The van der Waals surface area contributed by atoms with Crippen molar-refractivity contribution in [2.24, 2.45) is 0 Å². The van der Waals surface area contributed by atoms with Crippen LogP contribution >= 0.6 is 11.3 Å². The van der Waals surface area contributed by atoms with Crippen LogP contribution in [0.25, 0.3) is 16.0 Å². The minimum absolute atomic E-state index is 0.0629. The Hall–Kier alpha value is -3.57. The van der Waals surface area contributed by atoms with Crippen molar-refractivity contribution in [3.8, 4) is 27.7 Å². The Morgan fingerprint density at radius 2 is 1.97 bits per heavy atom. The highest BCUT2D eigenvalue weighted by atomic mass is 32.1. The number of ether oxygens (including phenoxy) is 3. The lowest BCUT2D eigenvalue weighted by Gasteiger charge is -2.25. The van der Waals surface area contributed by atoms with E-state index < -0.39 is 0 Å². The Kier molecular flexibility index (Phi) is 6.12. The molecule has 178 valence electrons. The minimum Gasteiger partial charge on any atom is -0.493 e. The van der Waals surface area contributed by atoms with Gasteiger partial charge in [0.05, 0.1) is 38.9 Å². The number of anilines is 3. The van der Waals surface area contributed by atoms with E-state index in [1.165, 1.54) is 11.3 Å². The van der Waals surface area contributed by atoms with Gasteiger partial charge in [-0.05, 0) is 37.1 Å². The number of hydrogen-bond donors (Lipinski definition) is 2. The molecule has 0 radical (unpaired) electrons. The van der Waals surface area contributed by atoms with Crippen molar-refractivity contribution in [2.45, 2.75) is 18.9 Å². The number of nitrogens with zero attached hydrogens (tertiary/aromatic N) is 5. The molecule has 5 rings (SSSR count). The SMILES string of the molecule is COc1cc(-c2cnc(Nc3nc(N4CCCC4CO)c4cccn4n3)s2)cc(OC)c1OC. The summed E-state index contributed by atoms with van der Waals surface area (Å²) in [6.45, 7) is 0.954. The molecular formula is C23H26N6O4S. The van der Waals surface area contributed by atoms with E-state index in [-0.39, 0.29) is 12.6 Å². The van der Waals surface area contributed by atoms with E-state index in [2.05, 4.69) is 20.3 Å². The van der Waals surface area contributed by atoms with Crippen molar-refractivity contribution >= 4 is 33.8 Å². The van der Waals surface area contributed by atoms with Crippen LogP contribution in [0.15, 0.2) is 36.7 Å². The Labute approximate surface area is 200 Å². The van der Waals surface area contributed by atoms with Crippen LogP contribution in [-0.2, 0) is 0 Å². The molecule has 34 heavy (non-hydrogen) atoms. The Balaban J connectivity index is 1.46. The van der Waals surface area contributed by atoms with Gasteiger partial charge in [0.15, 0.2) is 22.4 Å². The Morgan fingerprint density at radius 1 is 1.18 bits per heavy atom. The number of aliphatic hydroxyl groups excluding tert-OH is 1. The standard InChI is InChI=1S/C23H26N6O4S/c1-31-17-10-14(11-18(32-2)20(17)33-3)19-12-24-23(34-19)26-22-25-21(16-7-5-9-29(16)27-22)28-8-4-6-15(28)13-30/h5,7,9-12,15,30H,4,6,8,13H2,1-3H3,(H,24,26,27). The summed E-state index contributed by atoms with van der Waals surface area (Å²) in [5.74, 6) is 2.94. The topological polar surface area (TPSA) is 106 Å². The van der Waals surface area contributed by atoms with Crippen LogP contribution in [0.2, 0.25) is 0 Å². The molecule has 2 N–H and O–H groups in total. The molecule has 3 aromatic heterocycles. The van der Waals surface area contributed by atoms with Gasteiger partial charge in [-0.3, -0.25) is 5.32 Å². The van der Waals surface area contributed by atoms with Gasteiger partial charge in [0.25, 0.3) is 0 Å². The number of benzene rings is 1. The van der Waals surface area contributed by atoms with Crippen LogP contribution < -0.4 is 24.4 Å². The Morgan fingerprint density at radius 3 is 2.68 bits per heavy atom. The first-order chi connectivity index (χ1) is 16.6. The third-order valence-corrected chi connectivity index (χ3v) is 6.87. The zero-order valence-corrected chi connectivity index (χ0v) is 20.0. The minimum atomic E-state index is 0.0629. The molecule has 1 unspecified atom stereocenters. The molecule has 1 fully saturated rings. The molecule has 0 spiro atoms. The Bertz CT molecular complexity index is 1280. The first-order valence-corrected chi connectivity index (χ1v) is 11.7. The number of thiazole rings is 1. The normalized spacial score (nSPS) is 15.6. The van der Waals surface area contributed by atoms with Gasteiger partial charge in [-0.25, -0.2) is 9.50 Å². The van der Waals surface area contributed by atoms with Crippen molar-refractivity contribution in [1.82, 2.24) is 19.6 Å². The van der Waals surface area contributed by atoms with Gasteiger partial charge in [-0.1, -0.05) is 11.3 Å². The quantitative estimate of drug-likeness (QED) is 0.390. The molecule has 1 aromatic carbocycles. The van der Waals surface area contributed by atoms with Gasteiger partial charge in [-0.15, -0.1) is 5.10 Å². The highest BCUT2D eigenvalue weighted by Crippen LogP contribution is 2.43. The smallest absolute Gasteiger partial charge is 0.249 e. The second-order valence-corrected chi connectivity index (χ2v) is 8.87. The third kappa shape index (κ3) is 3.97. The second-order valence-electron chi connectivity index (χ2n) is 7.84. The number of aliphatic hydroxyl groups is 1. The first-order valence-electron chi connectivity index (χ1n) is 10.9. The lowest BCUT2D eigenvalue weighted by atomic mass is 10.1. The fourth-order valence-electron chi connectivity index (χ4n) is 4.27. The van der Waals surface area contributed by atoms with Crippen molar-refractivity contribution in [1.29, 1.82) is 0 Å². The molecule has 1 aliphatic heterocycles. The highest BCUT2D eigenvalue weighted by Gasteiger charge is 2.27. The monoisotopic (exact) mass is 482 g/mol. The van der Waals surface area contributed by atoms with Gasteiger partial charge in [-0.2, -0.15) is 4.98 Å². The van der Waals surface area contributed by atoms with Crippen molar-refractivity contribution in [3.63, 3.8) is 0 Å². The van der Waals surface area contributed by atoms with E-state index in [0.29, 0.717) is 28.3 Å². The van der Waals surface area contributed by atoms with Gasteiger partial charge in [0.2, 0.25) is 11.7 Å². The molecule has 0 saturated carbocycles. The maximum atomic E-state index is 9.80. The lowest BCUT2D eigenvalue weighted by molar-refractivity contribution is 0.266. The average Bonchev–Trinajstić information content (AvgIpc) is 3.63. The number of rotatable bonds is 8. The van der Waals surface area contributed by atoms with E-state index in [1.54, 1.807) is 32.0 Å². The summed E-state index contributed by atoms with van der Waals surface area (Å²) in [4.78, 5) is 12.4. The molecule has 1 saturated heterocycles. The van der Waals surface area contributed by atoms with E-state index in [1.807, 2.05) is 30.5 Å². The third-order valence-electron chi connectivity index (χ3n) is 5.91. The fraction of sp³-hybridized carbons (Fsp3) is 0.348.